The highest BCUT2D eigenvalue weighted by Crippen LogP contribution is 2.24. The van der Waals surface area contributed by atoms with Gasteiger partial charge in [-0.2, -0.15) is 5.10 Å². The van der Waals surface area contributed by atoms with E-state index in [1.54, 1.807) is 24.3 Å². The molecule has 2 aromatic carbocycles. The largest absolute Gasteiger partial charge is 0.507 e. The standard InChI is InChI=1S/C18H16BrN5O2S/c1-24-17(12-6-4-7-14(19)9-12)22-23-18(24)27-11-16(26)21-20-10-13-5-2-3-8-15(13)25/h2-10,25H,11H2,1H3,(H,21,26)/b20-10-. The van der Waals surface area contributed by atoms with Crippen molar-refractivity contribution in [2.75, 3.05) is 5.75 Å². The van der Waals surface area contributed by atoms with Crippen molar-refractivity contribution in [3.63, 3.8) is 0 Å². The van der Waals surface area contributed by atoms with Crippen LogP contribution in [0.3, 0.4) is 0 Å². The fourth-order valence-electron chi connectivity index (χ4n) is 2.25. The topological polar surface area (TPSA) is 92.4 Å². The molecule has 138 valence electrons. The molecule has 0 saturated heterocycles. The minimum Gasteiger partial charge on any atom is -0.507 e. The molecule has 1 heterocycles. The Bertz CT molecular complexity index is 989. The van der Waals surface area contributed by atoms with Crippen molar-refractivity contribution in [3.8, 4) is 17.1 Å². The number of hydrogen-bond acceptors (Lipinski definition) is 6. The Hall–Kier alpha value is -2.65. The maximum absolute atomic E-state index is 12.0. The fourth-order valence-corrected chi connectivity index (χ4v) is 3.36. The van der Waals surface area contributed by atoms with E-state index in [0.717, 1.165) is 15.9 Å². The van der Waals surface area contributed by atoms with E-state index < -0.39 is 0 Å². The van der Waals surface area contributed by atoms with Gasteiger partial charge in [0.05, 0.1) is 12.0 Å². The number of hydrazone groups is 1. The number of phenols is 1. The monoisotopic (exact) mass is 445 g/mol. The molecule has 0 fully saturated rings. The van der Waals surface area contributed by atoms with Crippen molar-refractivity contribution >= 4 is 39.8 Å². The minimum atomic E-state index is -0.279. The number of para-hydroxylation sites is 1. The molecule has 27 heavy (non-hydrogen) atoms. The number of rotatable bonds is 6. The molecule has 0 aliphatic heterocycles. The third-order valence-corrected chi connectivity index (χ3v) is 5.09. The van der Waals surface area contributed by atoms with E-state index in [9.17, 15) is 9.90 Å². The first kappa shape index (κ1) is 19.1. The van der Waals surface area contributed by atoms with Gasteiger partial charge in [-0.1, -0.05) is 52.0 Å². The lowest BCUT2D eigenvalue weighted by Gasteiger charge is -2.04. The van der Waals surface area contributed by atoms with E-state index in [1.807, 2.05) is 35.9 Å². The Morgan fingerprint density at radius 2 is 2.11 bits per heavy atom. The van der Waals surface area contributed by atoms with Crippen molar-refractivity contribution in [2.24, 2.45) is 12.1 Å². The molecule has 0 spiro atoms. The zero-order valence-electron chi connectivity index (χ0n) is 14.3. The van der Waals surface area contributed by atoms with Gasteiger partial charge in [-0.25, -0.2) is 5.43 Å². The predicted molar refractivity (Wildman–Crippen MR) is 109 cm³/mol. The number of amides is 1. The van der Waals surface area contributed by atoms with Crippen LogP contribution >= 0.6 is 27.7 Å². The van der Waals surface area contributed by atoms with Gasteiger partial charge >= 0.3 is 0 Å². The zero-order chi connectivity index (χ0) is 19.2. The molecule has 3 rings (SSSR count). The number of hydrogen-bond donors (Lipinski definition) is 2. The summed E-state index contributed by atoms with van der Waals surface area (Å²) >= 11 is 4.71. The number of aromatic nitrogens is 3. The molecular weight excluding hydrogens is 430 g/mol. The Labute approximate surface area is 168 Å². The number of benzene rings is 2. The summed E-state index contributed by atoms with van der Waals surface area (Å²) in [5, 5.41) is 22.5. The quantitative estimate of drug-likeness (QED) is 0.345. The second-order valence-corrected chi connectivity index (χ2v) is 7.37. The average molecular weight is 446 g/mol. The number of thioether (sulfide) groups is 1. The number of phenolic OH excluding ortho intramolecular Hbond substituents is 1. The van der Waals surface area contributed by atoms with E-state index in [4.69, 9.17) is 0 Å². The highest BCUT2D eigenvalue weighted by molar-refractivity contribution is 9.10. The van der Waals surface area contributed by atoms with Gasteiger partial charge in [-0.05, 0) is 24.3 Å². The second kappa shape index (κ2) is 8.83. The Balaban J connectivity index is 1.57. The molecule has 0 aliphatic carbocycles. The van der Waals surface area contributed by atoms with Crippen LogP contribution < -0.4 is 5.43 Å². The first-order chi connectivity index (χ1) is 13.0. The summed E-state index contributed by atoms with van der Waals surface area (Å²) in [6.07, 6.45) is 1.39. The summed E-state index contributed by atoms with van der Waals surface area (Å²) in [7, 11) is 1.85. The van der Waals surface area contributed by atoms with Crippen LogP contribution in [0.25, 0.3) is 11.4 Å². The third-order valence-electron chi connectivity index (χ3n) is 3.58. The van der Waals surface area contributed by atoms with Crippen LogP contribution in [0.15, 0.2) is 63.3 Å². The van der Waals surface area contributed by atoms with Crippen LogP contribution in [0.5, 0.6) is 5.75 Å². The van der Waals surface area contributed by atoms with Crippen LogP contribution in [0, 0.1) is 0 Å². The Kier molecular flexibility index (Phi) is 6.25. The normalized spacial score (nSPS) is 11.0. The van der Waals surface area contributed by atoms with Crippen LogP contribution in [-0.4, -0.2) is 37.7 Å². The average Bonchev–Trinajstić information content (AvgIpc) is 3.02. The maximum atomic E-state index is 12.0. The van der Waals surface area contributed by atoms with E-state index in [-0.39, 0.29) is 17.4 Å². The van der Waals surface area contributed by atoms with E-state index in [1.165, 1.54) is 18.0 Å². The second-order valence-electron chi connectivity index (χ2n) is 5.52. The minimum absolute atomic E-state index is 0.101. The molecule has 0 aliphatic rings. The molecule has 0 atom stereocenters. The lowest BCUT2D eigenvalue weighted by atomic mass is 10.2. The third kappa shape index (κ3) is 4.95. The number of carbonyl (C=O) groups excluding carboxylic acids is 1. The van der Waals surface area contributed by atoms with Crippen LogP contribution in [-0.2, 0) is 11.8 Å². The molecule has 2 N–H and O–H groups in total. The van der Waals surface area contributed by atoms with Crippen molar-refractivity contribution in [1.29, 1.82) is 0 Å². The summed E-state index contributed by atoms with van der Waals surface area (Å²) in [6, 6.07) is 14.5. The molecule has 1 amide bonds. The van der Waals surface area contributed by atoms with Crippen molar-refractivity contribution in [3.05, 3.63) is 58.6 Å². The van der Waals surface area contributed by atoms with Gasteiger partial charge in [0.2, 0.25) is 0 Å². The van der Waals surface area contributed by atoms with Gasteiger partial charge in [0.1, 0.15) is 5.75 Å². The summed E-state index contributed by atoms with van der Waals surface area (Å²) in [5.41, 5.74) is 3.89. The summed E-state index contributed by atoms with van der Waals surface area (Å²) in [6.45, 7) is 0. The smallest absolute Gasteiger partial charge is 0.250 e. The number of aromatic hydroxyl groups is 1. The summed E-state index contributed by atoms with van der Waals surface area (Å²) in [4.78, 5) is 12.0. The lowest BCUT2D eigenvalue weighted by Crippen LogP contribution is -2.19. The van der Waals surface area contributed by atoms with Crippen molar-refractivity contribution in [2.45, 2.75) is 5.16 Å². The molecular formula is C18H16BrN5O2S. The molecule has 0 saturated carbocycles. The molecule has 9 heteroatoms. The first-order valence-electron chi connectivity index (χ1n) is 7.92. The zero-order valence-corrected chi connectivity index (χ0v) is 16.7. The first-order valence-corrected chi connectivity index (χ1v) is 9.70. The van der Waals surface area contributed by atoms with Gasteiger partial charge < -0.3 is 9.67 Å². The number of nitrogens with one attached hydrogen (secondary N) is 1. The molecule has 1 aromatic heterocycles. The molecule has 0 unspecified atom stereocenters. The summed E-state index contributed by atoms with van der Waals surface area (Å²) < 4.78 is 2.80. The number of nitrogens with zero attached hydrogens (tertiary/aromatic N) is 4. The number of carbonyl (C=O) groups is 1. The number of halogens is 1. The SMILES string of the molecule is Cn1c(SCC(=O)N/N=C\c2ccccc2O)nnc1-c1cccc(Br)c1. The van der Waals surface area contributed by atoms with Gasteiger partial charge in [0, 0.05) is 22.6 Å². The van der Waals surface area contributed by atoms with Crippen LogP contribution in [0.1, 0.15) is 5.56 Å². The van der Waals surface area contributed by atoms with Crippen molar-refractivity contribution in [1.82, 2.24) is 20.2 Å². The van der Waals surface area contributed by atoms with Gasteiger partial charge in [0.15, 0.2) is 11.0 Å². The van der Waals surface area contributed by atoms with E-state index in [0.29, 0.717) is 10.7 Å². The highest BCUT2D eigenvalue weighted by atomic mass is 79.9. The van der Waals surface area contributed by atoms with Gasteiger partial charge in [0.25, 0.3) is 5.91 Å². The molecule has 7 nitrogen and oxygen atoms in total. The van der Waals surface area contributed by atoms with E-state index in [2.05, 4.69) is 36.7 Å². The lowest BCUT2D eigenvalue weighted by molar-refractivity contribution is -0.118. The Morgan fingerprint density at radius 3 is 2.89 bits per heavy atom. The van der Waals surface area contributed by atoms with Crippen molar-refractivity contribution < 1.29 is 9.90 Å². The summed E-state index contributed by atoms with van der Waals surface area (Å²) in [5.74, 6) is 0.683. The van der Waals surface area contributed by atoms with Gasteiger partial charge in [-0.3, -0.25) is 4.79 Å². The highest BCUT2D eigenvalue weighted by Gasteiger charge is 2.13. The van der Waals surface area contributed by atoms with E-state index >= 15 is 0 Å². The predicted octanol–water partition coefficient (Wildman–Crippen LogP) is 3.19. The molecule has 0 radical (unpaired) electrons. The van der Waals surface area contributed by atoms with Crippen LogP contribution in [0.4, 0.5) is 0 Å². The maximum Gasteiger partial charge on any atom is 0.250 e. The van der Waals surface area contributed by atoms with Crippen LogP contribution in [0.2, 0.25) is 0 Å². The Morgan fingerprint density at radius 1 is 1.30 bits per heavy atom. The van der Waals surface area contributed by atoms with Gasteiger partial charge in [-0.15, -0.1) is 10.2 Å². The fraction of sp³-hybridized carbons (Fsp3) is 0.111. The molecule has 3 aromatic rings. The molecule has 0 bridgehead atoms.